The minimum atomic E-state index is -0.339. The van der Waals surface area contributed by atoms with Crippen LogP contribution in [0.5, 0.6) is 5.75 Å². The largest absolute Gasteiger partial charge is 0.495 e. The summed E-state index contributed by atoms with van der Waals surface area (Å²) in [7, 11) is 3.09. The average Bonchev–Trinajstić information content (AvgIpc) is 2.62. The van der Waals surface area contributed by atoms with Crippen LogP contribution in [0.15, 0.2) is 18.2 Å². The number of nitrogens with two attached hydrogens (primary N) is 1. The molecule has 0 aliphatic carbocycles. The zero-order valence-electron chi connectivity index (χ0n) is 15.6. The van der Waals surface area contributed by atoms with Gasteiger partial charge in [-0.2, -0.15) is 0 Å². The Labute approximate surface area is 163 Å². The maximum Gasteiger partial charge on any atom is 0.277 e. The smallest absolute Gasteiger partial charge is 0.277 e. The van der Waals surface area contributed by atoms with Crippen LogP contribution in [-0.2, 0) is 14.4 Å². The van der Waals surface area contributed by atoms with Gasteiger partial charge in [-0.15, -0.1) is 0 Å². The molecule has 1 fully saturated rings. The second-order valence-corrected chi connectivity index (χ2v) is 7.18. The molecule has 0 spiro atoms. The number of ether oxygens (including phenoxy) is 1. The van der Waals surface area contributed by atoms with E-state index in [1.807, 2.05) is 0 Å². The number of carbonyl (C=O) groups is 3. The van der Waals surface area contributed by atoms with Gasteiger partial charge in [0.05, 0.1) is 32.4 Å². The van der Waals surface area contributed by atoms with Crippen molar-refractivity contribution in [2.75, 3.05) is 45.7 Å². The predicted molar refractivity (Wildman–Crippen MR) is 102 cm³/mol. The molecule has 148 valence electrons. The number of primary amides is 1. The molecule has 1 heterocycles. The van der Waals surface area contributed by atoms with E-state index < -0.39 is 0 Å². The highest BCUT2D eigenvalue weighted by Gasteiger charge is 2.28. The number of benzene rings is 1. The van der Waals surface area contributed by atoms with Crippen LogP contribution in [0, 0.1) is 5.92 Å². The molecule has 4 N–H and O–H groups in total. The molecule has 27 heavy (non-hydrogen) atoms. The number of nitrogens with zero attached hydrogens (tertiary/aromatic N) is 1. The number of anilines is 1. The molecule has 0 unspecified atom stereocenters. The van der Waals surface area contributed by atoms with Gasteiger partial charge in [-0.3, -0.25) is 14.4 Å². The first kappa shape index (κ1) is 21.0. The minimum Gasteiger partial charge on any atom is -0.495 e. The van der Waals surface area contributed by atoms with Crippen LogP contribution >= 0.6 is 11.6 Å². The second kappa shape index (κ2) is 9.57. The van der Waals surface area contributed by atoms with Gasteiger partial charge in [0.15, 0.2) is 6.54 Å². The van der Waals surface area contributed by atoms with Gasteiger partial charge in [0.25, 0.3) is 5.91 Å². The van der Waals surface area contributed by atoms with Crippen molar-refractivity contribution in [2.45, 2.75) is 12.8 Å². The van der Waals surface area contributed by atoms with E-state index in [4.69, 9.17) is 22.1 Å². The maximum atomic E-state index is 12.4. The van der Waals surface area contributed by atoms with Gasteiger partial charge < -0.3 is 25.6 Å². The molecule has 3 amide bonds. The summed E-state index contributed by atoms with van der Waals surface area (Å²) in [5.74, 6) is -0.348. The van der Waals surface area contributed by atoms with Crippen LogP contribution < -0.4 is 20.7 Å². The highest BCUT2D eigenvalue weighted by Crippen LogP contribution is 2.27. The van der Waals surface area contributed by atoms with Gasteiger partial charge in [0.1, 0.15) is 5.75 Å². The quantitative estimate of drug-likeness (QED) is 0.578. The van der Waals surface area contributed by atoms with E-state index in [-0.39, 0.29) is 36.7 Å². The van der Waals surface area contributed by atoms with E-state index in [0.717, 1.165) is 18.0 Å². The van der Waals surface area contributed by atoms with Crippen molar-refractivity contribution in [2.24, 2.45) is 11.7 Å². The number of amides is 3. The third-order valence-electron chi connectivity index (χ3n) is 4.74. The van der Waals surface area contributed by atoms with E-state index in [2.05, 4.69) is 5.32 Å². The van der Waals surface area contributed by atoms with Crippen LogP contribution in [-0.4, -0.2) is 63.0 Å². The molecule has 2 rings (SSSR count). The summed E-state index contributed by atoms with van der Waals surface area (Å²) >= 11 is 5.95. The summed E-state index contributed by atoms with van der Waals surface area (Å²) < 4.78 is 5.19. The molecule has 8 nitrogen and oxygen atoms in total. The third kappa shape index (κ3) is 6.11. The van der Waals surface area contributed by atoms with Crippen molar-refractivity contribution in [1.82, 2.24) is 4.90 Å². The molecular formula is C18H26ClN4O4+. The summed E-state index contributed by atoms with van der Waals surface area (Å²) in [4.78, 5) is 38.3. The normalized spacial score (nSPS) is 19.2. The fourth-order valence-electron chi connectivity index (χ4n) is 3.11. The van der Waals surface area contributed by atoms with E-state index in [9.17, 15) is 14.4 Å². The Morgan fingerprint density at radius 3 is 2.59 bits per heavy atom. The van der Waals surface area contributed by atoms with E-state index in [0.29, 0.717) is 29.3 Å². The molecule has 0 atom stereocenters. The van der Waals surface area contributed by atoms with Crippen LogP contribution in [0.3, 0.4) is 0 Å². The maximum absolute atomic E-state index is 12.4. The summed E-state index contributed by atoms with van der Waals surface area (Å²) in [5, 5.41) is 3.18. The molecule has 9 heteroatoms. The van der Waals surface area contributed by atoms with Crippen LogP contribution in [0.1, 0.15) is 12.8 Å². The van der Waals surface area contributed by atoms with Gasteiger partial charge in [-0.1, -0.05) is 11.6 Å². The van der Waals surface area contributed by atoms with Crippen molar-refractivity contribution < 1.29 is 24.0 Å². The molecule has 0 aromatic heterocycles. The van der Waals surface area contributed by atoms with Gasteiger partial charge in [0, 0.05) is 30.8 Å². The van der Waals surface area contributed by atoms with E-state index in [1.165, 1.54) is 12.0 Å². The first-order valence-corrected chi connectivity index (χ1v) is 9.18. The average molecular weight is 398 g/mol. The number of likely N-dealkylation sites (N-methyl/N-ethyl adjacent to an activating group) is 1. The van der Waals surface area contributed by atoms with Crippen molar-refractivity contribution >= 4 is 35.0 Å². The van der Waals surface area contributed by atoms with Crippen LogP contribution in [0.4, 0.5) is 5.69 Å². The van der Waals surface area contributed by atoms with E-state index >= 15 is 0 Å². The standard InChI is InChI=1S/C18H25ClN4O4/c1-22(17(25)11-23-7-5-12(6-8-23)18(20)26)10-16(24)21-14-9-13(19)3-4-15(14)27-2/h3-4,9,12H,5-8,10-11H2,1-2H3,(H2,20,26)(H,21,24)/p+1. The number of methoxy groups -OCH3 is 1. The number of rotatable bonds is 7. The number of halogens is 1. The van der Waals surface area contributed by atoms with Gasteiger partial charge in [-0.05, 0) is 18.2 Å². The lowest BCUT2D eigenvalue weighted by atomic mass is 9.96. The number of hydrogen-bond acceptors (Lipinski definition) is 4. The summed E-state index contributed by atoms with van der Waals surface area (Å²) in [6.45, 7) is 1.65. The Balaban J connectivity index is 1.83. The first-order chi connectivity index (χ1) is 12.8. The number of piperidine rings is 1. The molecule has 1 saturated heterocycles. The molecular weight excluding hydrogens is 372 g/mol. The molecule has 1 aliphatic rings. The van der Waals surface area contributed by atoms with Gasteiger partial charge >= 0.3 is 0 Å². The Bertz CT molecular complexity index is 705. The topological polar surface area (TPSA) is 106 Å². The lowest BCUT2D eigenvalue weighted by Gasteiger charge is -2.28. The van der Waals surface area contributed by atoms with Crippen molar-refractivity contribution in [3.05, 3.63) is 23.2 Å². The van der Waals surface area contributed by atoms with E-state index in [1.54, 1.807) is 25.2 Å². The molecule has 1 aromatic rings. The van der Waals surface area contributed by atoms with Crippen molar-refractivity contribution in [1.29, 1.82) is 0 Å². The molecule has 1 aliphatic heterocycles. The molecule has 0 radical (unpaired) electrons. The number of carbonyl (C=O) groups excluding carboxylic acids is 3. The lowest BCUT2D eigenvalue weighted by molar-refractivity contribution is -0.898. The third-order valence-corrected chi connectivity index (χ3v) is 4.97. The number of hydrogen-bond donors (Lipinski definition) is 3. The fraction of sp³-hybridized carbons (Fsp3) is 0.500. The van der Waals surface area contributed by atoms with Gasteiger partial charge in [0.2, 0.25) is 11.8 Å². The molecule has 1 aromatic carbocycles. The van der Waals surface area contributed by atoms with Crippen molar-refractivity contribution in [3.8, 4) is 5.75 Å². The highest BCUT2D eigenvalue weighted by molar-refractivity contribution is 6.31. The van der Waals surface area contributed by atoms with Crippen LogP contribution in [0.2, 0.25) is 5.02 Å². The summed E-state index contributed by atoms with van der Waals surface area (Å²) in [6, 6.07) is 4.91. The van der Waals surface area contributed by atoms with Crippen molar-refractivity contribution in [3.63, 3.8) is 0 Å². The second-order valence-electron chi connectivity index (χ2n) is 6.75. The Morgan fingerprint density at radius 1 is 1.33 bits per heavy atom. The zero-order valence-corrected chi connectivity index (χ0v) is 16.3. The predicted octanol–water partition coefficient (Wildman–Crippen LogP) is -0.474. The lowest BCUT2D eigenvalue weighted by Crippen LogP contribution is -3.14. The monoisotopic (exact) mass is 397 g/mol. The number of nitrogens with one attached hydrogen (secondary N) is 2. The highest BCUT2D eigenvalue weighted by atomic mass is 35.5. The minimum absolute atomic E-state index is 0.0777. The summed E-state index contributed by atoms with van der Waals surface area (Å²) in [6.07, 6.45) is 1.38. The molecule has 0 bridgehead atoms. The first-order valence-electron chi connectivity index (χ1n) is 8.80. The fourth-order valence-corrected chi connectivity index (χ4v) is 3.28. The SMILES string of the molecule is COc1ccc(Cl)cc1NC(=O)CN(C)C(=O)C[NH+]1CCC(C(N)=O)CC1. The number of quaternary nitrogens is 1. The number of likely N-dealkylation sites (tertiary alicyclic amines) is 1. The molecule has 0 saturated carbocycles. The van der Waals surface area contributed by atoms with Gasteiger partial charge in [-0.25, -0.2) is 0 Å². The summed E-state index contributed by atoms with van der Waals surface area (Å²) in [5.41, 5.74) is 5.78. The Kier molecular flexibility index (Phi) is 7.44. The zero-order chi connectivity index (χ0) is 20.0. The Hall–Kier alpha value is -2.32. The Morgan fingerprint density at radius 2 is 2.00 bits per heavy atom. The van der Waals surface area contributed by atoms with Crippen LogP contribution in [0.25, 0.3) is 0 Å².